The Labute approximate surface area is 152 Å². The predicted molar refractivity (Wildman–Crippen MR) is 92.9 cm³/mol. The summed E-state index contributed by atoms with van der Waals surface area (Å²) in [7, 11) is 0. The topological polar surface area (TPSA) is 95.9 Å². The van der Waals surface area contributed by atoms with Gasteiger partial charge in [0, 0.05) is 6.54 Å². The molecule has 144 valence electrons. The highest BCUT2D eigenvalue weighted by atomic mass is 19.1. The molecule has 7 nitrogen and oxygen atoms in total. The van der Waals surface area contributed by atoms with Crippen LogP contribution in [0.5, 0.6) is 0 Å². The first-order valence-electron chi connectivity index (χ1n) is 8.18. The number of ether oxygens (including phenoxy) is 1. The lowest BCUT2D eigenvalue weighted by atomic mass is 10.1. The second-order valence-electron chi connectivity index (χ2n) is 6.97. The number of carbonyl (C=O) groups is 3. The highest BCUT2D eigenvalue weighted by Crippen LogP contribution is 2.13. The number of aliphatic carboxylic acids is 1. The molecule has 1 aromatic carbocycles. The van der Waals surface area contributed by atoms with E-state index in [0.29, 0.717) is 5.56 Å². The van der Waals surface area contributed by atoms with Gasteiger partial charge in [-0.3, -0.25) is 4.79 Å². The molecule has 0 bridgehead atoms. The maximum atomic E-state index is 13.0. The summed E-state index contributed by atoms with van der Waals surface area (Å²) in [4.78, 5) is 37.0. The fraction of sp³-hybridized carbons (Fsp3) is 0.500. The number of hydrogen-bond acceptors (Lipinski definition) is 4. The van der Waals surface area contributed by atoms with Gasteiger partial charge in [0.05, 0.1) is 0 Å². The van der Waals surface area contributed by atoms with Gasteiger partial charge in [-0.15, -0.1) is 0 Å². The van der Waals surface area contributed by atoms with Crippen LogP contribution in [0.4, 0.5) is 9.18 Å². The van der Waals surface area contributed by atoms with Crippen molar-refractivity contribution >= 4 is 18.0 Å². The summed E-state index contributed by atoms with van der Waals surface area (Å²) in [6, 6.07) is 3.27. The largest absolute Gasteiger partial charge is 0.480 e. The maximum Gasteiger partial charge on any atom is 0.408 e. The first kappa shape index (κ1) is 21.4. The number of nitrogens with one attached hydrogen (secondary N) is 1. The standard InChI is InChI=1S/C18H25FN2O5/c1-11(20-17(25)26-18(3,4)5)15(22)21(12(2)16(23)24)10-13-6-8-14(19)9-7-13/h6-9,11-12H,10H2,1-5H3,(H,20,25)(H,23,24)/t11-,12+/m1/s1. The summed E-state index contributed by atoms with van der Waals surface area (Å²) in [5.41, 5.74) is -0.160. The van der Waals surface area contributed by atoms with Crippen molar-refractivity contribution in [3.05, 3.63) is 35.6 Å². The number of carboxylic acid groups (broad SMARTS) is 1. The van der Waals surface area contributed by atoms with E-state index in [1.54, 1.807) is 20.8 Å². The molecule has 0 heterocycles. The highest BCUT2D eigenvalue weighted by Gasteiger charge is 2.30. The fourth-order valence-corrected chi connectivity index (χ4v) is 2.12. The van der Waals surface area contributed by atoms with E-state index in [9.17, 15) is 23.9 Å². The van der Waals surface area contributed by atoms with Crippen LogP contribution in [0.3, 0.4) is 0 Å². The molecule has 0 aliphatic heterocycles. The number of benzene rings is 1. The molecule has 0 aliphatic rings. The Balaban J connectivity index is 2.91. The van der Waals surface area contributed by atoms with Crippen LogP contribution in [0.25, 0.3) is 0 Å². The molecule has 0 unspecified atom stereocenters. The van der Waals surface area contributed by atoms with Crippen LogP contribution in [-0.4, -0.2) is 45.7 Å². The minimum Gasteiger partial charge on any atom is -0.480 e. The Morgan fingerprint density at radius 3 is 2.19 bits per heavy atom. The van der Waals surface area contributed by atoms with Gasteiger partial charge in [0.2, 0.25) is 5.91 Å². The van der Waals surface area contributed by atoms with Crippen molar-refractivity contribution in [3.63, 3.8) is 0 Å². The molecule has 1 aromatic rings. The summed E-state index contributed by atoms with van der Waals surface area (Å²) in [5.74, 6) is -2.21. The molecule has 26 heavy (non-hydrogen) atoms. The van der Waals surface area contributed by atoms with E-state index < -0.39 is 41.5 Å². The van der Waals surface area contributed by atoms with E-state index in [1.165, 1.54) is 38.1 Å². The normalized spacial score (nSPS) is 13.5. The van der Waals surface area contributed by atoms with Crippen LogP contribution >= 0.6 is 0 Å². The number of halogens is 1. The van der Waals surface area contributed by atoms with E-state index in [4.69, 9.17) is 4.74 Å². The molecule has 0 spiro atoms. The Kier molecular flexibility index (Phi) is 7.11. The molecule has 2 amide bonds. The first-order chi connectivity index (χ1) is 11.9. The average molecular weight is 368 g/mol. The summed E-state index contributed by atoms with van der Waals surface area (Å²) < 4.78 is 18.1. The van der Waals surface area contributed by atoms with Gasteiger partial charge in [0.25, 0.3) is 0 Å². The van der Waals surface area contributed by atoms with Crippen molar-refractivity contribution in [1.82, 2.24) is 10.2 Å². The van der Waals surface area contributed by atoms with E-state index >= 15 is 0 Å². The predicted octanol–water partition coefficient (Wildman–Crippen LogP) is 2.54. The molecule has 2 N–H and O–H groups in total. The molecule has 1 rings (SSSR count). The van der Waals surface area contributed by atoms with Crippen LogP contribution in [0.2, 0.25) is 0 Å². The summed E-state index contributed by atoms with van der Waals surface area (Å²) in [5, 5.41) is 11.7. The molecule has 0 saturated heterocycles. The lowest BCUT2D eigenvalue weighted by Crippen LogP contribution is -2.52. The number of rotatable bonds is 6. The Morgan fingerprint density at radius 1 is 1.19 bits per heavy atom. The zero-order valence-corrected chi connectivity index (χ0v) is 15.6. The lowest BCUT2D eigenvalue weighted by Gasteiger charge is -2.30. The van der Waals surface area contributed by atoms with E-state index in [1.807, 2.05) is 0 Å². The lowest BCUT2D eigenvalue weighted by molar-refractivity contribution is -0.150. The van der Waals surface area contributed by atoms with Gasteiger partial charge in [-0.25, -0.2) is 14.0 Å². The van der Waals surface area contributed by atoms with E-state index in [-0.39, 0.29) is 6.54 Å². The van der Waals surface area contributed by atoms with Gasteiger partial charge in [-0.1, -0.05) is 12.1 Å². The van der Waals surface area contributed by atoms with Crippen molar-refractivity contribution in [2.75, 3.05) is 0 Å². The smallest absolute Gasteiger partial charge is 0.408 e. The van der Waals surface area contributed by atoms with Gasteiger partial charge in [0.15, 0.2) is 0 Å². The van der Waals surface area contributed by atoms with Gasteiger partial charge >= 0.3 is 12.1 Å². The Hall–Kier alpha value is -2.64. The second-order valence-corrected chi connectivity index (χ2v) is 6.97. The molecular weight excluding hydrogens is 343 g/mol. The van der Waals surface area contributed by atoms with Crippen molar-refractivity contribution in [1.29, 1.82) is 0 Å². The molecular formula is C18H25FN2O5. The molecule has 0 aliphatic carbocycles. The Bertz CT molecular complexity index is 655. The third kappa shape index (κ3) is 6.70. The minimum absolute atomic E-state index is 0.0348. The van der Waals surface area contributed by atoms with Crippen LogP contribution < -0.4 is 5.32 Å². The third-order valence-corrected chi connectivity index (χ3v) is 3.48. The fourth-order valence-electron chi connectivity index (χ4n) is 2.12. The van der Waals surface area contributed by atoms with Crippen LogP contribution in [0, 0.1) is 5.82 Å². The van der Waals surface area contributed by atoms with Crippen LogP contribution in [0.15, 0.2) is 24.3 Å². The maximum absolute atomic E-state index is 13.0. The molecule has 0 radical (unpaired) electrons. The van der Waals surface area contributed by atoms with Gasteiger partial charge < -0.3 is 20.1 Å². The minimum atomic E-state index is -1.19. The van der Waals surface area contributed by atoms with Gasteiger partial charge in [-0.05, 0) is 52.3 Å². The summed E-state index contributed by atoms with van der Waals surface area (Å²) >= 11 is 0. The quantitative estimate of drug-likeness (QED) is 0.804. The molecule has 2 atom stereocenters. The number of carboxylic acids is 1. The monoisotopic (exact) mass is 368 g/mol. The highest BCUT2D eigenvalue weighted by molar-refractivity contribution is 5.88. The molecule has 0 saturated carbocycles. The summed E-state index contributed by atoms with van der Waals surface area (Å²) in [6.07, 6.45) is -0.775. The van der Waals surface area contributed by atoms with Crippen LogP contribution in [0.1, 0.15) is 40.2 Å². The number of nitrogens with zero attached hydrogens (tertiary/aromatic N) is 1. The molecule has 8 heteroatoms. The van der Waals surface area contributed by atoms with Crippen LogP contribution in [-0.2, 0) is 20.9 Å². The number of carbonyl (C=O) groups excluding carboxylic acids is 2. The van der Waals surface area contributed by atoms with Crippen molar-refractivity contribution in [3.8, 4) is 0 Å². The van der Waals surface area contributed by atoms with Gasteiger partial charge in [-0.2, -0.15) is 0 Å². The zero-order chi connectivity index (χ0) is 20.1. The van der Waals surface area contributed by atoms with Crippen molar-refractivity contribution < 1.29 is 28.6 Å². The third-order valence-electron chi connectivity index (χ3n) is 3.48. The van der Waals surface area contributed by atoms with Gasteiger partial charge in [0.1, 0.15) is 23.5 Å². The van der Waals surface area contributed by atoms with Crippen molar-refractivity contribution in [2.24, 2.45) is 0 Å². The van der Waals surface area contributed by atoms with E-state index in [2.05, 4.69) is 5.32 Å². The molecule has 0 fully saturated rings. The number of amides is 2. The first-order valence-corrected chi connectivity index (χ1v) is 8.18. The second kappa shape index (κ2) is 8.64. The average Bonchev–Trinajstić information content (AvgIpc) is 2.51. The number of hydrogen-bond donors (Lipinski definition) is 2. The summed E-state index contributed by atoms with van der Waals surface area (Å²) in [6.45, 7) is 7.83. The zero-order valence-electron chi connectivity index (χ0n) is 15.6. The number of alkyl carbamates (subject to hydrolysis) is 1. The van der Waals surface area contributed by atoms with E-state index in [0.717, 1.165) is 4.90 Å². The van der Waals surface area contributed by atoms with Crippen molar-refractivity contribution in [2.45, 2.75) is 58.8 Å². The SMILES string of the molecule is C[C@@H](NC(=O)OC(C)(C)C)C(=O)N(Cc1ccc(F)cc1)[C@@H](C)C(=O)O. The Morgan fingerprint density at radius 2 is 1.73 bits per heavy atom. The molecule has 0 aromatic heterocycles.